The Labute approximate surface area is 195 Å². The maximum atomic E-state index is 12.7. The Kier molecular flexibility index (Phi) is 10.1. The van der Waals surface area contributed by atoms with Crippen LogP contribution in [0.3, 0.4) is 0 Å². The number of nitro groups is 1. The quantitative estimate of drug-likeness (QED) is 0.0656. The van der Waals surface area contributed by atoms with Crippen LogP contribution in [0.2, 0.25) is 0 Å². The fraction of sp³-hybridized carbons (Fsp3) is 0.455. The molecule has 0 radical (unpaired) electrons. The molecular weight excluding hydrogens is 444 g/mol. The first kappa shape index (κ1) is 26.5. The van der Waals surface area contributed by atoms with E-state index in [1.54, 1.807) is 24.3 Å². The molecule has 1 aromatic carbocycles. The van der Waals surface area contributed by atoms with Crippen LogP contribution in [0.4, 0.5) is 0 Å². The lowest BCUT2D eigenvalue weighted by molar-refractivity contribution is -0.480. The number of hydrogen-bond donors (Lipinski definition) is 5. The molecule has 2 aromatic rings. The molecule has 0 spiro atoms. The predicted molar refractivity (Wildman–Crippen MR) is 126 cm³/mol. The highest BCUT2D eigenvalue weighted by Crippen LogP contribution is 2.14. The summed E-state index contributed by atoms with van der Waals surface area (Å²) in [6.07, 6.45) is 1.88. The van der Waals surface area contributed by atoms with Gasteiger partial charge in [0.2, 0.25) is 6.54 Å². The van der Waals surface area contributed by atoms with Crippen LogP contribution in [0.5, 0.6) is 0 Å². The summed E-state index contributed by atoms with van der Waals surface area (Å²) in [6, 6.07) is 6.91. The van der Waals surface area contributed by atoms with E-state index < -0.39 is 28.5 Å². The summed E-state index contributed by atoms with van der Waals surface area (Å²) in [5, 5.41) is 23.8. The third-order valence-corrected chi connectivity index (χ3v) is 5.28. The molecule has 0 fully saturated rings. The zero-order valence-corrected chi connectivity index (χ0v) is 18.7. The number of para-hydroxylation sites is 1. The van der Waals surface area contributed by atoms with Crippen LogP contribution >= 0.6 is 0 Å². The number of ketones is 1. The molecule has 1 heterocycles. The fourth-order valence-electron chi connectivity index (χ4n) is 3.45. The normalized spacial score (nSPS) is 12.6. The van der Waals surface area contributed by atoms with E-state index in [1.807, 2.05) is 0 Å². The summed E-state index contributed by atoms with van der Waals surface area (Å²) in [5.41, 5.74) is 10.4. The molecule has 2 atom stereocenters. The summed E-state index contributed by atoms with van der Waals surface area (Å²) < 4.78 is 5.18. The van der Waals surface area contributed by atoms with Gasteiger partial charge in [-0.05, 0) is 37.8 Å². The van der Waals surface area contributed by atoms with E-state index in [0.29, 0.717) is 43.2 Å². The zero-order valence-electron chi connectivity index (χ0n) is 18.7. The maximum Gasteiger partial charge on any atom is 0.349 e. The molecule has 0 saturated carbocycles. The minimum Gasteiger partial charge on any atom is -0.422 e. The molecule has 0 aliphatic heterocycles. The van der Waals surface area contributed by atoms with E-state index in [-0.39, 0.29) is 36.7 Å². The molecule has 12 nitrogen and oxygen atoms in total. The van der Waals surface area contributed by atoms with Gasteiger partial charge < -0.3 is 26.5 Å². The summed E-state index contributed by atoms with van der Waals surface area (Å²) >= 11 is 0. The number of benzene rings is 1. The van der Waals surface area contributed by atoms with Gasteiger partial charge in [0.05, 0.1) is 6.04 Å². The van der Waals surface area contributed by atoms with Gasteiger partial charge in [0.25, 0.3) is 5.91 Å². The molecular formula is C22H30N6O6. The van der Waals surface area contributed by atoms with Crippen LogP contribution < -0.4 is 27.7 Å². The Morgan fingerprint density at radius 1 is 1.18 bits per heavy atom. The van der Waals surface area contributed by atoms with Crippen molar-refractivity contribution in [3.63, 3.8) is 0 Å². The largest absolute Gasteiger partial charge is 0.422 e. The topological polar surface area (TPSA) is 207 Å². The molecule has 2 rings (SSSR count). The molecule has 1 amide bonds. The molecule has 7 N–H and O–H groups in total. The highest BCUT2D eigenvalue weighted by atomic mass is 16.6. The number of guanidine groups is 1. The molecule has 0 aliphatic rings. The highest BCUT2D eigenvalue weighted by Gasteiger charge is 2.21. The van der Waals surface area contributed by atoms with Crippen molar-refractivity contribution in [3.8, 4) is 0 Å². The standard InChI is InChI=1S/C22H30N6O6/c23-17(7-4-11-26-22(24)25)18(29)8-3-6-15(10-12-28(32)33)27-20(30)16-13-14-5-1-2-9-19(14)34-21(16)31/h1-2,5,9,13,15,17H,3-4,6-8,10-12,23H2,(H,27,30)(H4,24,25,26)/t15?,17-/m0/s1. The Bertz CT molecular complexity index is 1080. The van der Waals surface area contributed by atoms with E-state index in [2.05, 4.69) is 10.6 Å². The van der Waals surface area contributed by atoms with Crippen LogP contribution in [0.1, 0.15) is 48.9 Å². The van der Waals surface area contributed by atoms with Crippen LogP contribution in [-0.4, -0.2) is 47.7 Å². The number of Topliss-reactive ketones (excluding diaryl/α,β-unsaturated/α-hetero) is 1. The second kappa shape index (κ2) is 13.0. The van der Waals surface area contributed by atoms with Gasteiger partial charge in [-0.25, -0.2) is 4.79 Å². The zero-order chi connectivity index (χ0) is 25.1. The predicted octanol–water partition coefficient (Wildman–Crippen LogP) is 0.888. The number of rotatable bonds is 14. The van der Waals surface area contributed by atoms with Gasteiger partial charge in [-0.3, -0.25) is 25.1 Å². The first-order chi connectivity index (χ1) is 16.2. The van der Waals surface area contributed by atoms with Gasteiger partial charge in [0.1, 0.15) is 16.9 Å². The van der Waals surface area contributed by atoms with Crippen molar-refractivity contribution in [2.45, 2.75) is 50.6 Å². The number of fused-ring (bicyclic) bond motifs is 1. The van der Waals surface area contributed by atoms with Crippen LogP contribution in [0.25, 0.3) is 11.0 Å². The summed E-state index contributed by atoms with van der Waals surface area (Å²) in [6.45, 7) is 0.0714. The number of nitrogens with zero attached hydrogens (tertiary/aromatic N) is 1. The first-order valence-corrected chi connectivity index (χ1v) is 11.0. The molecule has 0 saturated heterocycles. The molecule has 0 bridgehead atoms. The van der Waals surface area contributed by atoms with Crippen LogP contribution in [-0.2, 0) is 4.79 Å². The van der Waals surface area contributed by atoms with Crippen molar-refractivity contribution in [1.82, 2.24) is 10.6 Å². The lowest BCUT2D eigenvalue weighted by Gasteiger charge is -2.17. The number of amides is 1. The number of carbonyl (C=O) groups excluding carboxylic acids is 2. The summed E-state index contributed by atoms with van der Waals surface area (Å²) in [5.74, 6) is -0.990. The van der Waals surface area contributed by atoms with Crippen LogP contribution in [0.15, 0.2) is 39.5 Å². The summed E-state index contributed by atoms with van der Waals surface area (Å²) in [4.78, 5) is 47.5. The lowest BCUT2D eigenvalue weighted by Crippen LogP contribution is -2.38. The average Bonchev–Trinajstić information content (AvgIpc) is 2.79. The van der Waals surface area contributed by atoms with Gasteiger partial charge in [-0.2, -0.15) is 0 Å². The Morgan fingerprint density at radius 2 is 1.91 bits per heavy atom. The molecule has 1 aromatic heterocycles. The minimum atomic E-state index is -0.801. The number of nitrogens with one attached hydrogen (secondary N) is 3. The lowest BCUT2D eigenvalue weighted by atomic mass is 9.99. The molecule has 184 valence electrons. The minimum absolute atomic E-state index is 0.0502. The van der Waals surface area contributed by atoms with Crippen molar-refractivity contribution in [3.05, 3.63) is 56.4 Å². The second-order valence-electron chi connectivity index (χ2n) is 7.95. The van der Waals surface area contributed by atoms with Crippen molar-refractivity contribution < 1.29 is 18.9 Å². The third kappa shape index (κ3) is 8.62. The van der Waals surface area contributed by atoms with E-state index in [0.717, 1.165) is 0 Å². The van der Waals surface area contributed by atoms with Crippen molar-refractivity contribution in [2.75, 3.05) is 13.1 Å². The van der Waals surface area contributed by atoms with Gasteiger partial charge >= 0.3 is 5.63 Å². The maximum absolute atomic E-state index is 12.7. The van der Waals surface area contributed by atoms with E-state index in [1.165, 1.54) is 6.07 Å². The van der Waals surface area contributed by atoms with Crippen LogP contribution in [0, 0.1) is 15.5 Å². The number of carbonyl (C=O) groups is 2. The van der Waals surface area contributed by atoms with Crippen molar-refractivity contribution >= 4 is 28.6 Å². The smallest absolute Gasteiger partial charge is 0.349 e. The molecule has 0 aliphatic carbocycles. The number of nitrogens with two attached hydrogens (primary N) is 2. The molecule has 1 unspecified atom stereocenters. The van der Waals surface area contributed by atoms with E-state index in [9.17, 15) is 24.5 Å². The van der Waals surface area contributed by atoms with Gasteiger partial charge in [-0.15, -0.1) is 0 Å². The second-order valence-corrected chi connectivity index (χ2v) is 7.95. The Hall–Kier alpha value is -3.80. The molecule has 12 heteroatoms. The number of hydrogen-bond acceptors (Lipinski definition) is 8. The fourth-order valence-corrected chi connectivity index (χ4v) is 3.45. The van der Waals surface area contributed by atoms with Gasteiger partial charge in [0, 0.05) is 35.7 Å². The Morgan fingerprint density at radius 3 is 2.62 bits per heavy atom. The molecule has 34 heavy (non-hydrogen) atoms. The van der Waals surface area contributed by atoms with Gasteiger partial charge in [-0.1, -0.05) is 18.2 Å². The third-order valence-electron chi connectivity index (χ3n) is 5.28. The SMILES string of the molecule is N=C(N)NCCC[C@H](N)C(=O)CCCC(CC[N+](=O)[O-])NC(=O)c1cc2ccccc2oc1=O. The summed E-state index contributed by atoms with van der Waals surface area (Å²) in [7, 11) is 0. The van der Waals surface area contributed by atoms with Gasteiger partial charge in [0.15, 0.2) is 5.96 Å². The first-order valence-electron chi connectivity index (χ1n) is 11.0. The van der Waals surface area contributed by atoms with E-state index >= 15 is 0 Å². The van der Waals surface area contributed by atoms with E-state index in [4.69, 9.17) is 21.3 Å². The Balaban J connectivity index is 1.93. The average molecular weight is 475 g/mol. The van der Waals surface area contributed by atoms with Crippen molar-refractivity contribution in [1.29, 1.82) is 5.41 Å². The monoisotopic (exact) mass is 474 g/mol. The highest BCUT2D eigenvalue weighted by molar-refractivity contribution is 5.96. The van der Waals surface area contributed by atoms with Crippen molar-refractivity contribution in [2.24, 2.45) is 11.5 Å².